The standard InChI is InChI=1S/C21H19N7O7/c1-10-3-5-11(6-4-10)23-19(30)17(26-27-21(22)32)15(20(31)35-2)16-18(29)25-14-9-12(28(33)34)7-8-13(14)24-16/h3-9,15H,1-2H3,(H,23,30)(H,25,29)(H3,22,27,32)/b26-17-/t15-/m1/s1. The van der Waals surface area contributed by atoms with E-state index in [1.807, 2.05) is 12.3 Å². The molecular formula is C21H19N7O7. The molecule has 1 aromatic heterocycles. The molecule has 1 atom stereocenters. The number of methoxy groups -OCH3 is 1. The van der Waals surface area contributed by atoms with E-state index >= 15 is 0 Å². The Kier molecular flexibility index (Phi) is 7.14. The van der Waals surface area contributed by atoms with Crippen molar-refractivity contribution in [1.29, 1.82) is 0 Å². The van der Waals surface area contributed by atoms with E-state index in [9.17, 15) is 29.3 Å². The summed E-state index contributed by atoms with van der Waals surface area (Å²) < 4.78 is 4.76. The molecule has 0 spiro atoms. The maximum Gasteiger partial charge on any atom is 0.332 e. The third-order valence-corrected chi connectivity index (χ3v) is 4.73. The summed E-state index contributed by atoms with van der Waals surface area (Å²) in [4.78, 5) is 66.8. The highest BCUT2D eigenvalue weighted by Gasteiger charge is 2.36. The average molecular weight is 481 g/mol. The van der Waals surface area contributed by atoms with Gasteiger partial charge in [-0.3, -0.25) is 24.5 Å². The number of H-pyrrole nitrogens is 1. The Hall–Kier alpha value is -5.14. The molecule has 14 nitrogen and oxygen atoms in total. The van der Waals surface area contributed by atoms with Gasteiger partial charge < -0.3 is 20.8 Å². The normalized spacial score (nSPS) is 12.0. The highest BCUT2D eigenvalue weighted by Crippen LogP contribution is 2.21. The van der Waals surface area contributed by atoms with Crippen LogP contribution in [0, 0.1) is 17.0 Å². The van der Waals surface area contributed by atoms with Gasteiger partial charge in [0.25, 0.3) is 17.2 Å². The van der Waals surface area contributed by atoms with Gasteiger partial charge in [-0.15, -0.1) is 0 Å². The Labute approximate surface area is 196 Å². The minimum atomic E-state index is -1.79. The van der Waals surface area contributed by atoms with Crippen molar-refractivity contribution < 1.29 is 24.0 Å². The fourth-order valence-corrected chi connectivity index (χ4v) is 3.06. The molecule has 0 aliphatic carbocycles. The SMILES string of the molecule is COC(=O)[C@@H](/C(=N/NC(N)=O)C(=O)Nc1ccc(C)cc1)c1nc2ccc([N+](=O)[O-])cc2[nH]c1=O. The molecule has 0 radical (unpaired) electrons. The van der Waals surface area contributed by atoms with Gasteiger partial charge >= 0.3 is 12.0 Å². The van der Waals surface area contributed by atoms with E-state index in [0.29, 0.717) is 5.69 Å². The topological polar surface area (TPSA) is 212 Å². The fraction of sp³-hybridized carbons (Fsp3) is 0.143. The van der Waals surface area contributed by atoms with E-state index in [4.69, 9.17) is 10.5 Å². The second-order valence-corrected chi connectivity index (χ2v) is 7.16. The fourth-order valence-electron chi connectivity index (χ4n) is 3.06. The van der Waals surface area contributed by atoms with Crippen LogP contribution in [-0.4, -0.2) is 45.6 Å². The second kappa shape index (κ2) is 10.2. The first-order chi connectivity index (χ1) is 16.6. The summed E-state index contributed by atoms with van der Waals surface area (Å²) in [7, 11) is 1.02. The number of nitrogens with one attached hydrogen (secondary N) is 3. The average Bonchev–Trinajstić information content (AvgIpc) is 2.82. The van der Waals surface area contributed by atoms with Gasteiger partial charge in [0.05, 0.1) is 23.1 Å². The number of carbonyl (C=O) groups is 3. The molecule has 3 amide bonds. The van der Waals surface area contributed by atoms with E-state index < -0.39 is 45.7 Å². The number of nitrogens with two attached hydrogens (primary N) is 1. The van der Waals surface area contributed by atoms with Crippen molar-refractivity contribution in [2.45, 2.75) is 12.8 Å². The van der Waals surface area contributed by atoms with Gasteiger partial charge in [0.15, 0.2) is 5.92 Å². The van der Waals surface area contributed by atoms with Gasteiger partial charge in [0.2, 0.25) is 0 Å². The number of esters is 1. The van der Waals surface area contributed by atoms with Crippen molar-refractivity contribution in [3.63, 3.8) is 0 Å². The van der Waals surface area contributed by atoms with Crippen LogP contribution in [0.3, 0.4) is 0 Å². The Morgan fingerprint density at radius 2 is 1.89 bits per heavy atom. The number of carbonyl (C=O) groups excluding carboxylic acids is 3. The minimum Gasteiger partial charge on any atom is -0.468 e. The molecule has 14 heteroatoms. The van der Waals surface area contributed by atoms with Crippen molar-refractivity contribution >= 4 is 46.0 Å². The predicted molar refractivity (Wildman–Crippen MR) is 124 cm³/mol. The molecule has 0 saturated carbocycles. The van der Waals surface area contributed by atoms with E-state index in [1.165, 1.54) is 6.07 Å². The Morgan fingerprint density at radius 1 is 1.20 bits per heavy atom. The number of aromatic nitrogens is 2. The molecule has 0 aliphatic rings. The highest BCUT2D eigenvalue weighted by atomic mass is 16.6. The van der Waals surface area contributed by atoms with Crippen LogP contribution in [0.2, 0.25) is 0 Å². The lowest BCUT2D eigenvalue weighted by Gasteiger charge is -2.16. The quantitative estimate of drug-likeness (QED) is 0.165. The van der Waals surface area contributed by atoms with Gasteiger partial charge in [-0.1, -0.05) is 17.7 Å². The van der Waals surface area contributed by atoms with Crippen LogP contribution < -0.4 is 22.0 Å². The number of nitro benzene ring substituents is 1. The highest BCUT2D eigenvalue weighted by molar-refractivity contribution is 6.47. The summed E-state index contributed by atoms with van der Waals surface area (Å²) in [5.41, 5.74) is 5.92. The van der Waals surface area contributed by atoms with Gasteiger partial charge in [-0.05, 0) is 25.1 Å². The number of amides is 3. The molecule has 1 heterocycles. The smallest absolute Gasteiger partial charge is 0.332 e. The minimum absolute atomic E-state index is 0.0226. The molecule has 3 aromatic rings. The van der Waals surface area contributed by atoms with Crippen LogP contribution in [0.15, 0.2) is 52.4 Å². The van der Waals surface area contributed by atoms with Gasteiger partial charge in [-0.25, -0.2) is 15.2 Å². The third kappa shape index (κ3) is 5.62. The molecule has 0 aliphatic heterocycles. The molecule has 0 unspecified atom stereocenters. The molecule has 3 rings (SSSR count). The zero-order valence-corrected chi connectivity index (χ0v) is 18.4. The van der Waals surface area contributed by atoms with Crippen LogP contribution >= 0.6 is 0 Å². The first-order valence-electron chi connectivity index (χ1n) is 9.88. The van der Waals surface area contributed by atoms with Gasteiger partial charge in [0.1, 0.15) is 11.4 Å². The number of fused-ring (bicyclic) bond motifs is 1. The lowest BCUT2D eigenvalue weighted by atomic mass is 9.98. The number of aryl methyl sites for hydroxylation is 1. The van der Waals surface area contributed by atoms with Crippen LogP contribution in [0.4, 0.5) is 16.2 Å². The Morgan fingerprint density at radius 3 is 2.49 bits per heavy atom. The lowest BCUT2D eigenvalue weighted by molar-refractivity contribution is -0.384. The van der Waals surface area contributed by atoms with Gasteiger partial charge in [0, 0.05) is 17.8 Å². The molecular weight excluding hydrogens is 462 g/mol. The molecule has 35 heavy (non-hydrogen) atoms. The van der Waals surface area contributed by atoms with Gasteiger partial charge in [-0.2, -0.15) is 5.10 Å². The number of non-ortho nitro benzene ring substituents is 1. The molecule has 180 valence electrons. The van der Waals surface area contributed by atoms with Crippen molar-refractivity contribution in [1.82, 2.24) is 15.4 Å². The van der Waals surface area contributed by atoms with Crippen molar-refractivity contribution in [3.8, 4) is 0 Å². The second-order valence-electron chi connectivity index (χ2n) is 7.16. The van der Waals surface area contributed by atoms with Crippen molar-refractivity contribution in [2.24, 2.45) is 10.8 Å². The summed E-state index contributed by atoms with van der Waals surface area (Å²) >= 11 is 0. The van der Waals surface area contributed by atoms with Crippen LogP contribution in [0.5, 0.6) is 0 Å². The molecule has 5 N–H and O–H groups in total. The number of nitro groups is 1. The van der Waals surface area contributed by atoms with Crippen molar-refractivity contribution in [3.05, 3.63) is 74.2 Å². The number of ether oxygens (including phenoxy) is 1. The third-order valence-electron chi connectivity index (χ3n) is 4.73. The molecule has 0 bridgehead atoms. The summed E-state index contributed by atoms with van der Waals surface area (Å²) in [6, 6.07) is 8.99. The van der Waals surface area contributed by atoms with Crippen molar-refractivity contribution in [2.75, 3.05) is 12.4 Å². The molecule has 0 saturated heterocycles. The van der Waals surface area contributed by atoms with E-state index in [2.05, 4.69) is 20.4 Å². The molecule has 0 fully saturated rings. The maximum atomic E-state index is 13.1. The number of nitrogens with zero attached hydrogens (tertiary/aromatic N) is 3. The van der Waals surface area contributed by atoms with Crippen LogP contribution in [0.1, 0.15) is 17.2 Å². The number of hydrazone groups is 1. The summed E-state index contributed by atoms with van der Waals surface area (Å²) in [5, 5.41) is 17.2. The van der Waals surface area contributed by atoms with E-state index in [1.54, 1.807) is 24.3 Å². The number of benzene rings is 2. The summed E-state index contributed by atoms with van der Waals surface area (Å²) in [5.74, 6) is -3.84. The number of primary amides is 1. The van der Waals surface area contributed by atoms with E-state index in [-0.39, 0.29) is 16.7 Å². The monoisotopic (exact) mass is 481 g/mol. The number of hydrogen-bond donors (Lipinski definition) is 4. The first kappa shape index (κ1) is 24.5. The lowest BCUT2D eigenvalue weighted by Crippen LogP contribution is -2.39. The molecule has 2 aromatic carbocycles. The first-order valence-corrected chi connectivity index (χ1v) is 9.88. The Bertz CT molecular complexity index is 1410. The summed E-state index contributed by atoms with van der Waals surface area (Å²) in [6.07, 6.45) is 0. The number of hydrogen-bond acceptors (Lipinski definition) is 9. The van der Waals surface area contributed by atoms with Crippen LogP contribution in [0.25, 0.3) is 11.0 Å². The number of anilines is 1. The maximum absolute atomic E-state index is 13.1. The predicted octanol–water partition coefficient (Wildman–Crippen LogP) is 1.06. The zero-order valence-electron chi connectivity index (χ0n) is 18.4. The van der Waals surface area contributed by atoms with E-state index in [0.717, 1.165) is 24.8 Å². The number of aromatic amines is 1. The van der Waals surface area contributed by atoms with Crippen LogP contribution in [-0.2, 0) is 14.3 Å². The number of rotatable bonds is 7. The zero-order chi connectivity index (χ0) is 25.7. The Balaban J connectivity index is 2.14. The summed E-state index contributed by atoms with van der Waals surface area (Å²) in [6.45, 7) is 1.84. The largest absolute Gasteiger partial charge is 0.468 e. The number of urea groups is 1.